The van der Waals surface area contributed by atoms with E-state index in [-0.39, 0.29) is 12.0 Å². The molecular weight excluding hydrogens is 238 g/mol. The fraction of sp³-hybridized carbons (Fsp3) is 0.933. The molecule has 1 aliphatic carbocycles. The Morgan fingerprint density at radius 1 is 1.21 bits per heavy atom. The number of hydrogen-bond donors (Lipinski definition) is 1. The Morgan fingerprint density at radius 3 is 2.42 bits per heavy atom. The Morgan fingerprint density at radius 2 is 1.84 bits per heavy atom. The number of nitrogens with two attached hydrogens (primary N) is 1. The Hall–Kier alpha value is -0.610. The summed E-state index contributed by atoms with van der Waals surface area (Å²) < 4.78 is 0. The van der Waals surface area contributed by atoms with E-state index in [4.69, 9.17) is 5.73 Å². The summed E-state index contributed by atoms with van der Waals surface area (Å²) in [6.07, 6.45) is 5.54. The van der Waals surface area contributed by atoms with Crippen LogP contribution in [0.1, 0.15) is 46.0 Å². The Balaban J connectivity index is 1.85. The predicted octanol–water partition coefficient (Wildman–Crippen LogP) is 1.45. The van der Waals surface area contributed by atoms with Gasteiger partial charge < -0.3 is 10.6 Å². The Bertz CT molecular complexity index is 300. The van der Waals surface area contributed by atoms with E-state index in [1.807, 2.05) is 0 Å². The van der Waals surface area contributed by atoms with Crippen LogP contribution in [0.3, 0.4) is 0 Å². The van der Waals surface area contributed by atoms with Crippen LogP contribution in [0.25, 0.3) is 0 Å². The van der Waals surface area contributed by atoms with Crippen molar-refractivity contribution < 1.29 is 4.79 Å². The number of carbonyl (C=O) groups excluding carboxylic acids is 1. The normalized spacial score (nSPS) is 31.2. The van der Waals surface area contributed by atoms with E-state index in [1.54, 1.807) is 0 Å². The molecule has 3 unspecified atom stereocenters. The number of amides is 1. The SMILES string of the molecule is CCC(C)N1CCN(C(=O)C2CCCCC2N)CC1. The number of nitrogens with zero attached hydrogens (tertiary/aromatic N) is 2. The van der Waals surface area contributed by atoms with E-state index in [0.29, 0.717) is 11.9 Å². The standard InChI is InChI=1S/C15H29N3O/c1-3-12(2)17-8-10-18(11-9-17)15(19)13-6-4-5-7-14(13)16/h12-14H,3-11,16H2,1-2H3. The van der Waals surface area contributed by atoms with Crippen molar-refractivity contribution in [1.82, 2.24) is 9.80 Å². The van der Waals surface area contributed by atoms with Gasteiger partial charge in [0.05, 0.1) is 5.92 Å². The molecule has 1 aliphatic heterocycles. The first-order chi connectivity index (χ1) is 9.13. The molecule has 2 N–H and O–H groups in total. The third-order valence-electron chi connectivity index (χ3n) is 4.98. The van der Waals surface area contributed by atoms with Crippen molar-refractivity contribution in [3.05, 3.63) is 0 Å². The van der Waals surface area contributed by atoms with E-state index in [9.17, 15) is 4.79 Å². The summed E-state index contributed by atoms with van der Waals surface area (Å²) in [5.74, 6) is 0.403. The van der Waals surface area contributed by atoms with Crippen LogP contribution in [0.15, 0.2) is 0 Å². The lowest BCUT2D eigenvalue weighted by molar-refractivity contribution is -0.139. The fourth-order valence-corrected chi connectivity index (χ4v) is 3.34. The molecule has 1 amide bonds. The smallest absolute Gasteiger partial charge is 0.227 e. The first kappa shape index (κ1) is 14.8. The summed E-state index contributed by atoms with van der Waals surface area (Å²) in [4.78, 5) is 17.1. The minimum atomic E-state index is 0.0869. The van der Waals surface area contributed by atoms with Gasteiger partial charge in [0.25, 0.3) is 0 Å². The molecule has 2 rings (SSSR count). The third kappa shape index (κ3) is 3.48. The lowest BCUT2D eigenvalue weighted by Gasteiger charge is -2.40. The second-order valence-corrected chi connectivity index (χ2v) is 6.17. The van der Waals surface area contributed by atoms with Gasteiger partial charge in [-0.2, -0.15) is 0 Å². The first-order valence-corrected chi connectivity index (χ1v) is 7.92. The first-order valence-electron chi connectivity index (χ1n) is 7.92. The van der Waals surface area contributed by atoms with E-state index in [2.05, 4.69) is 23.6 Å². The minimum Gasteiger partial charge on any atom is -0.340 e. The predicted molar refractivity (Wildman–Crippen MR) is 77.8 cm³/mol. The van der Waals surface area contributed by atoms with Gasteiger partial charge in [0.1, 0.15) is 0 Å². The quantitative estimate of drug-likeness (QED) is 0.842. The summed E-state index contributed by atoms with van der Waals surface area (Å²) in [6.45, 7) is 8.29. The Labute approximate surface area is 117 Å². The van der Waals surface area contributed by atoms with Crippen LogP contribution in [-0.4, -0.2) is 54.0 Å². The molecule has 0 aromatic rings. The maximum absolute atomic E-state index is 12.5. The monoisotopic (exact) mass is 267 g/mol. The number of hydrogen-bond acceptors (Lipinski definition) is 3. The van der Waals surface area contributed by atoms with Crippen molar-refractivity contribution in [2.24, 2.45) is 11.7 Å². The van der Waals surface area contributed by atoms with Crippen molar-refractivity contribution in [1.29, 1.82) is 0 Å². The van der Waals surface area contributed by atoms with Crippen molar-refractivity contribution in [2.45, 2.75) is 58.0 Å². The third-order valence-corrected chi connectivity index (χ3v) is 4.98. The van der Waals surface area contributed by atoms with Gasteiger partial charge in [0, 0.05) is 38.3 Å². The molecule has 4 nitrogen and oxygen atoms in total. The van der Waals surface area contributed by atoms with Gasteiger partial charge in [-0.15, -0.1) is 0 Å². The van der Waals surface area contributed by atoms with Crippen molar-refractivity contribution in [3.8, 4) is 0 Å². The zero-order valence-corrected chi connectivity index (χ0v) is 12.5. The molecule has 4 heteroatoms. The second kappa shape index (κ2) is 6.71. The fourth-order valence-electron chi connectivity index (χ4n) is 3.34. The molecular formula is C15H29N3O. The van der Waals surface area contributed by atoms with Gasteiger partial charge in [0.2, 0.25) is 5.91 Å². The highest BCUT2D eigenvalue weighted by Gasteiger charge is 2.33. The van der Waals surface area contributed by atoms with Gasteiger partial charge >= 0.3 is 0 Å². The lowest BCUT2D eigenvalue weighted by Crippen LogP contribution is -2.54. The molecule has 2 fully saturated rings. The van der Waals surface area contributed by atoms with Crippen molar-refractivity contribution in [3.63, 3.8) is 0 Å². The zero-order valence-electron chi connectivity index (χ0n) is 12.5. The minimum absolute atomic E-state index is 0.0869. The highest BCUT2D eigenvalue weighted by Crippen LogP contribution is 2.25. The molecule has 110 valence electrons. The second-order valence-electron chi connectivity index (χ2n) is 6.17. The largest absolute Gasteiger partial charge is 0.340 e. The Kier molecular flexibility index (Phi) is 5.22. The number of carbonyl (C=O) groups is 1. The average Bonchev–Trinajstić information content (AvgIpc) is 2.46. The molecule has 0 radical (unpaired) electrons. The summed E-state index contributed by atoms with van der Waals surface area (Å²) >= 11 is 0. The molecule has 1 heterocycles. The average molecular weight is 267 g/mol. The molecule has 3 atom stereocenters. The molecule has 0 aromatic carbocycles. The summed E-state index contributed by atoms with van der Waals surface area (Å²) in [7, 11) is 0. The van der Waals surface area contributed by atoms with Gasteiger partial charge in [-0.1, -0.05) is 19.8 Å². The molecule has 1 saturated heterocycles. The number of piperazine rings is 1. The van der Waals surface area contributed by atoms with E-state index >= 15 is 0 Å². The zero-order chi connectivity index (χ0) is 13.8. The van der Waals surface area contributed by atoms with Gasteiger partial charge in [0.15, 0.2) is 0 Å². The summed E-state index contributed by atoms with van der Waals surface area (Å²) in [5.41, 5.74) is 6.13. The topological polar surface area (TPSA) is 49.6 Å². The summed E-state index contributed by atoms with van der Waals surface area (Å²) in [5, 5.41) is 0. The van der Waals surface area contributed by atoms with Crippen molar-refractivity contribution >= 4 is 5.91 Å². The highest BCUT2D eigenvalue weighted by atomic mass is 16.2. The van der Waals surface area contributed by atoms with Crippen molar-refractivity contribution in [2.75, 3.05) is 26.2 Å². The number of rotatable bonds is 3. The van der Waals surface area contributed by atoms with Crippen LogP contribution < -0.4 is 5.73 Å². The maximum Gasteiger partial charge on any atom is 0.227 e. The molecule has 19 heavy (non-hydrogen) atoms. The van der Waals surface area contributed by atoms with Crippen LogP contribution in [0.4, 0.5) is 0 Å². The molecule has 1 saturated carbocycles. The molecule has 0 spiro atoms. The van der Waals surface area contributed by atoms with Crippen LogP contribution in [0.5, 0.6) is 0 Å². The van der Waals surface area contributed by atoms with Crippen LogP contribution in [0.2, 0.25) is 0 Å². The van der Waals surface area contributed by atoms with E-state index in [1.165, 1.54) is 12.8 Å². The molecule has 2 aliphatic rings. The van der Waals surface area contributed by atoms with Gasteiger partial charge in [-0.25, -0.2) is 0 Å². The molecule has 0 aromatic heterocycles. The summed E-state index contributed by atoms with van der Waals surface area (Å²) in [6, 6.07) is 0.725. The molecule has 0 bridgehead atoms. The van der Waals surface area contributed by atoms with E-state index in [0.717, 1.165) is 45.4 Å². The van der Waals surface area contributed by atoms with Crippen LogP contribution >= 0.6 is 0 Å². The van der Waals surface area contributed by atoms with Crippen LogP contribution in [-0.2, 0) is 4.79 Å². The van der Waals surface area contributed by atoms with Gasteiger partial charge in [-0.3, -0.25) is 9.69 Å². The van der Waals surface area contributed by atoms with E-state index < -0.39 is 0 Å². The maximum atomic E-state index is 12.5. The van der Waals surface area contributed by atoms with Crippen LogP contribution in [0, 0.1) is 5.92 Å². The lowest BCUT2D eigenvalue weighted by atomic mass is 9.84. The highest BCUT2D eigenvalue weighted by molar-refractivity contribution is 5.79. The van der Waals surface area contributed by atoms with Gasteiger partial charge in [-0.05, 0) is 26.2 Å².